The van der Waals surface area contributed by atoms with E-state index in [1.54, 1.807) is 24.3 Å². The molecule has 0 unspecified atom stereocenters. The van der Waals surface area contributed by atoms with Crippen molar-refractivity contribution in [2.24, 2.45) is 0 Å². The first-order valence-electron chi connectivity index (χ1n) is 9.71. The van der Waals surface area contributed by atoms with Crippen LogP contribution in [0.3, 0.4) is 0 Å². The van der Waals surface area contributed by atoms with Crippen LogP contribution in [0.25, 0.3) is 0 Å². The molecule has 5 nitrogen and oxygen atoms in total. The van der Waals surface area contributed by atoms with Crippen LogP contribution in [0.4, 0.5) is 5.69 Å². The van der Waals surface area contributed by atoms with Gasteiger partial charge in [0.15, 0.2) is 6.61 Å². The number of nitrogens with one attached hydrogen (secondary N) is 1. The van der Waals surface area contributed by atoms with Gasteiger partial charge in [-0.15, -0.1) is 0 Å². The Morgan fingerprint density at radius 3 is 2.13 bits per heavy atom. The van der Waals surface area contributed by atoms with Crippen molar-refractivity contribution in [3.63, 3.8) is 0 Å². The number of carbonyl (C=O) groups excluding carboxylic acids is 2. The van der Waals surface area contributed by atoms with E-state index >= 15 is 0 Å². The Balaban J connectivity index is 1.57. The second-order valence-electron chi connectivity index (χ2n) is 7.33. The maximum absolute atomic E-state index is 12.5. The van der Waals surface area contributed by atoms with Gasteiger partial charge in [0.2, 0.25) is 0 Å². The molecule has 0 spiro atoms. The third-order valence-electron chi connectivity index (χ3n) is 4.68. The van der Waals surface area contributed by atoms with Gasteiger partial charge in [0.05, 0.1) is 0 Å². The highest BCUT2D eigenvalue weighted by Gasteiger charge is 2.11. The van der Waals surface area contributed by atoms with Crippen molar-refractivity contribution < 1.29 is 19.1 Å². The van der Waals surface area contributed by atoms with Crippen LogP contribution >= 0.6 is 0 Å². The van der Waals surface area contributed by atoms with Crippen molar-refractivity contribution in [3.05, 3.63) is 88.5 Å². The highest BCUT2D eigenvalue weighted by Crippen LogP contribution is 2.20. The molecule has 1 N–H and O–H groups in total. The third-order valence-corrected chi connectivity index (χ3v) is 4.68. The number of anilines is 1. The van der Waals surface area contributed by atoms with Crippen molar-refractivity contribution in [1.82, 2.24) is 0 Å². The van der Waals surface area contributed by atoms with Gasteiger partial charge in [-0.3, -0.25) is 4.79 Å². The molecule has 0 saturated heterocycles. The second kappa shape index (κ2) is 9.27. The summed E-state index contributed by atoms with van der Waals surface area (Å²) >= 11 is 0. The number of carbonyl (C=O) groups is 2. The maximum atomic E-state index is 12.5. The topological polar surface area (TPSA) is 64.6 Å². The Morgan fingerprint density at radius 1 is 0.800 bits per heavy atom. The van der Waals surface area contributed by atoms with Gasteiger partial charge < -0.3 is 14.8 Å². The Hall–Kier alpha value is -3.60. The Morgan fingerprint density at radius 2 is 1.43 bits per heavy atom. The minimum absolute atomic E-state index is 0.195. The van der Waals surface area contributed by atoms with Crippen LogP contribution in [0, 0.1) is 27.7 Å². The van der Waals surface area contributed by atoms with Gasteiger partial charge in [-0.2, -0.15) is 0 Å². The van der Waals surface area contributed by atoms with Crippen LogP contribution < -0.4 is 14.8 Å². The number of ether oxygens (including phenoxy) is 2. The summed E-state index contributed by atoms with van der Waals surface area (Å²) < 4.78 is 10.9. The Labute approximate surface area is 176 Å². The second-order valence-corrected chi connectivity index (χ2v) is 7.33. The van der Waals surface area contributed by atoms with Crippen molar-refractivity contribution in [2.75, 3.05) is 11.9 Å². The summed E-state index contributed by atoms with van der Waals surface area (Å²) in [7, 11) is 0. The minimum Gasteiger partial charge on any atom is -0.482 e. The summed E-state index contributed by atoms with van der Waals surface area (Å²) in [5, 5.41) is 2.91. The van der Waals surface area contributed by atoms with Crippen LogP contribution in [0.15, 0.2) is 60.7 Å². The van der Waals surface area contributed by atoms with Crippen molar-refractivity contribution in [1.29, 1.82) is 0 Å². The van der Waals surface area contributed by atoms with Crippen molar-refractivity contribution in [3.8, 4) is 11.5 Å². The summed E-state index contributed by atoms with van der Waals surface area (Å²) in [5.41, 5.74) is 5.32. The van der Waals surface area contributed by atoms with E-state index in [1.165, 1.54) is 0 Å². The number of rotatable bonds is 6. The smallest absolute Gasteiger partial charge is 0.349 e. The molecule has 0 aliphatic heterocycles. The van der Waals surface area contributed by atoms with Crippen LogP contribution in [-0.2, 0) is 4.79 Å². The number of hydrogen-bond donors (Lipinski definition) is 1. The normalized spacial score (nSPS) is 10.4. The first-order chi connectivity index (χ1) is 14.3. The number of benzene rings is 3. The molecule has 1 amide bonds. The van der Waals surface area contributed by atoms with E-state index in [-0.39, 0.29) is 12.5 Å². The molecule has 0 heterocycles. The molecular formula is C25H25NO4. The zero-order chi connectivity index (χ0) is 21.7. The molecule has 3 aromatic carbocycles. The maximum Gasteiger partial charge on any atom is 0.349 e. The molecule has 0 fully saturated rings. The lowest BCUT2D eigenvalue weighted by molar-refractivity contribution is -0.136. The fourth-order valence-corrected chi connectivity index (χ4v) is 2.90. The van der Waals surface area contributed by atoms with Crippen LogP contribution in [0.2, 0.25) is 0 Å². The average molecular weight is 403 g/mol. The van der Waals surface area contributed by atoms with E-state index < -0.39 is 5.97 Å². The minimum atomic E-state index is -0.511. The molecule has 0 aromatic heterocycles. The molecule has 5 heteroatoms. The summed E-state index contributed by atoms with van der Waals surface area (Å²) in [6.07, 6.45) is 0. The first kappa shape index (κ1) is 21.1. The molecule has 154 valence electrons. The first-order valence-corrected chi connectivity index (χ1v) is 9.71. The van der Waals surface area contributed by atoms with Gasteiger partial charge in [-0.25, -0.2) is 4.79 Å². The predicted molar refractivity (Wildman–Crippen MR) is 117 cm³/mol. The van der Waals surface area contributed by atoms with E-state index in [4.69, 9.17) is 9.47 Å². The zero-order valence-electron chi connectivity index (χ0n) is 17.6. The molecule has 3 aromatic rings. The molecule has 3 rings (SSSR count). The fourth-order valence-electron chi connectivity index (χ4n) is 2.90. The van der Waals surface area contributed by atoms with Crippen LogP contribution in [0.5, 0.6) is 11.5 Å². The third kappa shape index (κ3) is 5.47. The SMILES string of the molecule is Cc1ccc(C)c(NC(=O)c2ccc(OC(=O)COc3cc(C)ccc3C)cc2)c1. The molecular weight excluding hydrogens is 378 g/mol. The summed E-state index contributed by atoms with van der Waals surface area (Å²) in [6.45, 7) is 7.60. The number of esters is 1. The van der Waals surface area contributed by atoms with E-state index in [2.05, 4.69) is 5.32 Å². The zero-order valence-corrected chi connectivity index (χ0v) is 17.6. The summed E-state index contributed by atoms with van der Waals surface area (Å²) in [6, 6.07) is 18.1. The molecule has 0 radical (unpaired) electrons. The van der Waals surface area contributed by atoms with Crippen molar-refractivity contribution in [2.45, 2.75) is 27.7 Å². The Kier molecular flexibility index (Phi) is 6.52. The summed E-state index contributed by atoms with van der Waals surface area (Å²) in [5.74, 6) is 0.279. The van der Waals surface area contributed by atoms with Crippen molar-refractivity contribution >= 4 is 17.6 Å². The summed E-state index contributed by atoms with van der Waals surface area (Å²) in [4.78, 5) is 24.6. The standard InChI is InChI=1S/C25H25NO4/c1-16-5-7-18(3)22(13-16)26-25(28)20-9-11-21(12-10-20)30-24(27)15-29-23-14-17(2)6-8-19(23)4/h5-14H,15H2,1-4H3,(H,26,28). The fraction of sp³-hybridized carbons (Fsp3) is 0.200. The van der Waals surface area contributed by atoms with Gasteiger partial charge in [0, 0.05) is 11.3 Å². The average Bonchev–Trinajstić information content (AvgIpc) is 2.72. The lowest BCUT2D eigenvalue weighted by atomic mass is 10.1. The van der Waals surface area contributed by atoms with Crippen LogP contribution in [-0.4, -0.2) is 18.5 Å². The number of hydrogen-bond acceptors (Lipinski definition) is 4. The lowest BCUT2D eigenvalue weighted by Crippen LogP contribution is -2.18. The van der Waals surface area contributed by atoms with Gasteiger partial charge in [-0.05, 0) is 86.3 Å². The quantitative estimate of drug-likeness (QED) is 0.456. The molecule has 0 atom stereocenters. The van der Waals surface area contributed by atoms with E-state index in [0.29, 0.717) is 17.1 Å². The van der Waals surface area contributed by atoms with E-state index in [1.807, 2.05) is 64.1 Å². The predicted octanol–water partition coefficient (Wildman–Crippen LogP) is 5.16. The number of amides is 1. The van der Waals surface area contributed by atoms with Gasteiger partial charge in [0.25, 0.3) is 5.91 Å². The van der Waals surface area contributed by atoms with E-state index in [9.17, 15) is 9.59 Å². The highest BCUT2D eigenvalue weighted by atomic mass is 16.6. The lowest BCUT2D eigenvalue weighted by Gasteiger charge is -2.11. The highest BCUT2D eigenvalue weighted by molar-refractivity contribution is 6.04. The number of aryl methyl sites for hydroxylation is 4. The van der Waals surface area contributed by atoms with Gasteiger partial charge >= 0.3 is 5.97 Å². The largest absolute Gasteiger partial charge is 0.482 e. The van der Waals surface area contributed by atoms with Gasteiger partial charge in [0.1, 0.15) is 11.5 Å². The Bertz CT molecular complexity index is 1070. The molecule has 0 bridgehead atoms. The van der Waals surface area contributed by atoms with E-state index in [0.717, 1.165) is 27.9 Å². The molecule has 0 aliphatic rings. The van der Waals surface area contributed by atoms with Crippen LogP contribution in [0.1, 0.15) is 32.6 Å². The molecule has 30 heavy (non-hydrogen) atoms. The van der Waals surface area contributed by atoms with Gasteiger partial charge in [-0.1, -0.05) is 24.3 Å². The monoisotopic (exact) mass is 403 g/mol. The molecule has 0 aliphatic carbocycles. The molecule has 0 saturated carbocycles.